The van der Waals surface area contributed by atoms with Gasteiger partial charge in [0.05, 0.1) is 27.9 Å². The highest BCUT2D eigenvalue weighted by atomic mass is 32.2. The van der Waals surface area contributed by atoms with Crippen molar-refractivity contribution in [2.24, 2.45) is 4.99 Å². The van der Waals surface area contributed by atoms with Gasteiger partial charge in [0, 0.05) is 30.5 Å². The Morgan fingerprint density at radius 3 is 2.26 bits per heavy atom. The summed E-state index contributed by atoms with van der Waals surface area (Å²) >= 11 is 1.80. The number of benzene rings is 1. The van der Waals surface area contributed by atoms with Crippen LogP contribution in [0.3, 0.4) is 0 Å². The van der Waals surface area contributed by atoms with Gasteiger partial charge in [0.15, 0.2) is 17.5 Å². The van der Waals surface area contributed by atoms with Gasteiger partial charge in [-0.2, -0.15) is 11.8 Å². The lowest BCUT2D eigenvalue weighted by Crippen LogP contribution is -2.38. The summed E-state index contributed by atoms with van der Waals surface area (Å²) in [5, 5.41) is 6.54. The quantitative estimate of drug-likeness (QED) is 0.408. The minimum atomic E-state index is 0.484. The first-order valence-electron chi connectivity index (χ1n) is 7.50. The fraction of sp³-hybridized carbons (Fsp3) is 0.562. The molecule has 0 unspecified atom stereocenters. The van der Waals surface area contributed by atoms with Gasteiger partial charge in [0.2, 0.25) is 0 Å². The van der Waals surface area contributed by atoms with Crippen LogP contribution in [0.4, 0.5) is 0 Å². The predicted molar refractivity (Wildman–Crippen MR) is 97.3 cm³/mol. The average molecular weight is 341 g/mol. The molecule has 23 heavy (non-hydrogen) atoms. The largest absolute Gasteiger partial charge is 0.496 e. The molecule has 0 heterocycles. The van der Waals surface area contributed by atoms with Crippen LogP contribution in [-0.4, -0.2) is 52.4 Å². The van der Waals surface area contributed by atoms with Crippen LogP contribution in [-0.2, 0) is 6.54 Å². The lowest BCUT2D eigenvalue weighted by atomic mass is 10.1. The van der Waals surface area contributed by atoms with E-state index in [1.807, 2.05) is 19.1 Å². The molecule has 1 aromatic carbocycles. The molecule has 0 saturated carbocycles. The summed E-state index contributed by atoms with van der Waals surface area (Å²) in [5.74, 6) is 3.86. The monoisotopic (exact) mass is 341 g/mol. The lowest BCUT2D eigenvalue weighted by Gasteiger charge is -2.14. The van der Waals surface area contributed by atoms with E-state index >= 15 is 0 Å². The van der Waals surface area contributed by atoms with Crippen LogP contribution in [0.25, 0.3) is 0 Å². The van der Waals surface area contributed by atoms with E-state index in [4.69, 9.17) is 14.2 Å². The second-order valence-electron chi connectivity index (χ2n) is 4.63. The zero-order chi connectivity index (χ0) is 17.1. The van der Waals surface area contributed by atoms with Gasteiger partial charge >= 0.3 is 0 Å². The molecule has 7 heteroatoms. The molecule has 0 spiro atoms. The number of nitrogens with zero attached hydrogens (tertiary/aromatic N) is 1. The molecule has 0 radical (unpaired) electrons. The molecule has 0 atom stereocenters. The number of ether oxygens (including phenoxy) is 3. The van der Waals surface area contributed by atoms with E-state index in [9.17, 15) is 0 Å². The Hall–Kier alpha value is -1.76. The fourth-order valence-electron chi connectivity index (χ4n) is 1.99. The Bertz CT molecular complexity index is 510. The van der Waals surface area contributed by atoms with Crippen LogP contribution in [0, 0.1) is 0 Å². The van der Waals surface area contributed by atoms with E-state index in [2.05, 4.69) is 21.9 Å². The summed E-state index contributed by atoms with van der Waals surface area (Å²) in [7, 11) is 4.86. The Balaban J connectivity index is 2.93. The standard InChI is InChI=1S/C16H27N3O3S/c1-6-17-16(18-7-8-23-5)19-11-12-9-14(21-3)15(22-4)10-13(12)20-2/h9-10H,6-8,11H2,1-5H3,(H2,17,18,19). The molecule has 0 bridgehead atoms. The van der Waals surface area contributed by atoms with Crippen molar-refractivity contribution in [3.8, 4) is 17.2 Å². The van der Waals surface area contributed by atoms with E-state index in [0.29, 0.717) is 18.0 Å². The van der Waals surface area contributed by atoms with Crippen LogP contribution < -0.4 is 24.8 Å². The molecule has 130 valence electrons. The second-order valence-corrected chi connectivity index (χ2v) is 5.62. The molecule has 0 aliphatic rings. The van der Waals surface area contributed by atoms with Gasteiger partial charge in [-0.3, -0.25) is 0 Å². The molecule has 0 aromatic heterocycles. The average Bonchev–Trinajstić information content (AvgIpc) is 2.58. The van der Waals surface area contributed by atoms with Crippen LogP contribution in [0.15, 0.2) is 17.1 Å². The number of hydrogen-bond donors (Lipinski definition) is 2. The third-order valence-corrected chi connectivity index (χ3v) is 3.75. The molecule has 6 nitrogen and oxygen atoms in total. The molecule has 0 aliphatic carbocycles. The molecular weight excluding hydrogens is 314 g/mol. The third kappa shape index (κ3) is 6.09. The van der Waals surface area contributed by atoms with Crippen molar-refractivity contribution in [3.63, 3.8) is 0 Å². The van der Waals surface area contributed by atoms with Gasteiger partial charge in [0.1, 0.15) is 5.75 Å². The molecule has 0 fully saturated rings. The van der Waals surface area contributed by atoms with Crippen molar-refractivity contribution in [2.45, 2.75) is 13.5 Å². The molecule has 1 rings (SSSR count). The van der Waals surface area contributed by atoms with E-state index in [1.54, 1.807) is 33.1 Å². The maximum absolute atomic E-state index is 5.43. The van der Waals surface area contributed by atoms with Crippen LogP contribution in [0.5, 0.6) is 17.2 Å². The van der Waals surface area contributed by atoms with Gasteiger partial charge in [-0.25, -0.2) is 4.99 Å². The first kappa shape index (κ1) is 19.3. The fourth-order valence-corrected chi connectivity index (χ4v) is 2.30. The molecule has 0 saturated heterocycles. The number of rotatable bonds is 9. The molecule has 0 aliphatic heterocycles. The zero-order valence-corrected chi connectivity index (χ0v) is 15.4. The summed E-state index contributed by atoms with van der Waals surface area (Å²) in [6.45, 7) is 4.21. The zero-order valence-electron chi connectivity index (χ0n) is 14.6. The first-order valence-corrected chi connectivity index (χ1v) is 8.89. The summed E-state index contributed by atoms with van der Waals surface area (Å²) in [5.41, 5.74) is 0.937. The normalized spacial score (nSPS) is 11.1. The highest BCUT2D eigenvalue weighted by Gasteiger charge is 2.11. The van der Waals surface area contributed by atoms with Crippen molar-refractivity contribution >= 4 is 17.7 Å². The summed E-state index contributed by atoms with van der Waals surface area (Å²) in [6, 6.07) is 3.71. The van der Waals surface area contributed by atoms with Gasteiger partial charge < -0.3 is 24.8 Å². The topological polar surface area (TPSA) is 64.1 Å². The van der Waals surface area contributed by atoms with Gasteiger partial charge in [0.25, 0.3) is 0 Å². The Morgan fingerprint density at radius 1 is 1.04 bits per heavy atom. The lowest BCUT2D eigenvalue weighted by molar-refractivity contribution is 0.347. The van der Waals surface area contributed by atoms with E-state index in [1.165, 1.54) is 0 Å². The number of thioether (sulfide) groups is 1. The van der Waals surface area contributed by atoms with Gasteiger partial charge in [-0.15, -0.1) is 0 Å². The summed E-state index contributed by atoms with van der Waals surface area (Å²) < 4.78 is 16.1. The Morgan fingerprint density at radius 2 is 1.70 bits per heavy atom. The summed E-state index contributed by atoms with van der Waals surface area (Å²) in [6.07, 6.45) is 2.08. The van der Waals surface area contributed by atoms with Crippen molar-refractivity contribution in [2.75, 3.05) is 46.4 Å². The Kier molecular flexibility index (Phi) is 9.12. The maximum atomic E-state index is 5.43. The molecular formula is C16H27N3O3S. The minimum Gasteiger partial charge on any atom is -0.496 e. The summed E-state index contributed by atoms with van der Waals surface area (Å²) in [4.78, 5) is 4.60. The van der Waals surface area contributed by atoms with Crippen molar-refractivity contribution in [3.05, 3.63) is 17.7 Å². The predicted octanol–water partition coefficient (Wildman–Crippen LogP) is 2.13. The minimum absolute atomic E-state index is 0.484. The first-order chi connectivity index (χ1) is 11.2. The van der Waals surface area contributed by atoms with Gasteiger partial charge in [-0.05, 0) is 19.2 Å². The molecule has 0 amide bonds. The second kappa shape index (κ2) is 10.9. The number of hydrogen-bond acceptors (Lipinski definition) is 5. The maximum Gasteiger partial charge on any atom is 0.191 e. The number of methoxy groups -OCH3 is 3. The molecule has 1 aromatic rings. The molecule has 2 N–H and O–H groups in total. The van der Waals surface area contributed by atoms with E-state index in [-0.39, 0.29) is 0 Å². The van der Waals surface area contributed by atoms with Gasteiger partial charge in [-0.1, -0.05) is 0 Å². The van der Waals surface area contributed by atoms with Crippen molar-refractivity contribution < 1.29 is 14.2 Å². The number of nitrogens with one attached hydrogen (secondary N) is 2. The van der Waals surface area contributed by atoms with E-state index in [0.717, 1.165) is 36.1 Å². The van der Waals surface area contributed by atoms with Crippen molar-refractivity contribution in [1.29, 1.82) is 0 Å². The SMILES string of the molecule is CCNC(=NCc1cc(OC)c(OC)cc1OC)NCCSC. The number of aliphatic imine (C=N–C) groups is 1. The Labute approximate surface area is 143 Å². The van der Waals surface area contributed by atoms with Crippen LogP contribution in [0.2, 0.25) is 0 Å². The van der Waals surface area contributed by atoms with Crippen LogP contribution in [0.1, 0.15) is 12.5 Å². The highest BCUT2D eigenvalue weighted by Crippen LogP contribution is 2.34. The van der Waals surface area contributed by atoms with E-state index < -0.39 is 0 Å². The third-order valence-electron chi connectivity index (χ3n) is 3.14. The van der Waals surface area contributed by atoms with Crippen molar-refractivity contribution in [1.82, 2.24) is 10.6 Å². The highest BCUT2D eigenvalue weighted by molar-refractivity contribution is 7.98. The van der Waals surface area contributed by atoms with Crippen LogP contribution >= 0.6 is 11.8 Å². The number of guanidine groups is 1. The smallest absolute Gasteiger partial charge is 0.191 e.